The Balaban J connectivity index is 1.51. The zero-order valence-corrected chi connectivity index (χ0v) is 20.0. The Kier molecular flexibility index (Phi) is 7.75. The SMILES string of the molecule is O=C(CC1CCOCC1)NNC(=O)c1cc(Cl)n2c(CC3CCC(F)(F)CC3)c(C(F)(F)F)nc2c1. The maximum atomic E-state index is 13.8. The van der Waals surface area contributed by atoms with E-state index in [-0.39, 0.29) is 72.4 Å². The Morgan fingerprint density at radius 3 is 2.39 bits per heavy atom. The molecule has 2 aliphatic rings. The number of aromatic nitrogens is 2. The van der Waals surface area contributed by atoms with Crippen LogP contribution in [0.1, 0.15) is 66.7 Å². The molecule has 13 heteroatoms. The van der Waals surface area contributed by atoms with Crippen molar-refractivity contribution in [1.29, 1.82) is 0 Å². The first-order valence-corrected chi connectivity index (χ1v) is 12.1. The number of nitrogens with one attached hydrogen (secondary N) is 2. The van der Waals surface area contributed by atoms with Crippen LogP contribution < -0.4 is 10.9 Å². The van der Waals surface area contributed by atoms with Crippen molar-refractivity contribution in [3.05, 3.63) is 34.2 Å². The molecule has 0 bridgehead atoms. The van der Waals surface area contributed by atoms with Crippen LogP contribution in [0.25, 0.3) is 5.65 Å². The molecule has 2 aromatic rings. The molecule has 1 saturated heterocycles. The third kappa shape index (κ3) is 6.26. The van der Waals surface area contributed by atoms with Gasteiger partial charge >= 0.3 is 6.18 Å². The largest absolute Gasteiger partial charge is 0.435 e. The van der Waals surface area contributed by atoms with Crippen LogP contribution >= 0.6 is 11.6 Å². The summed E-state index contributed by atoms with van der Waals surface area (Å²) < 4.78 is 74.7. The Bertz CT molecular complexity index is 1120. The molecule has 7 nitrogen and oxygen atoms in total. The summed E-state index contributed by atoms with van der Waals surface area (Å²) in [6.45, 7) is 1.14. The van der Waals surface area contributed by atoms with Crippen LogP contribution in [-0.2, 0) is 22.1 Å². The third-order valence-electron chi connectivity index (χ3n) is 6.75. The van der Waals surface area contributed by atoms with Crippen molar-refractivity contribution in [2.24, 2.45) is 11.8 Å². The van der Waals surface area contributed by atoms with E-state index in [1.807, 2.05) is 0 Å². The van der Waals surface area contributed by atoms with Crippen molar-refractivity contribution in [1.82, 2.24) is 20.2 Å². The number of nitrogens with zero attached hydrogens (tertiary/aromatic N) is 2. The molecule has 3 heterocycles. The second kappa shape index (κ2) is 10.5. The standard InChI is InChI=1S/C23H26ClF5N4O3/c24-17-11-15(21(35)32-31-19(34)10-14-3-7-36-8-4-14)12-18-30-20(23(27,28)29)16(33(17)18)9-13-1-5-22(25,26)6-2-13/h11-14H,1-10H2,(H,31,34)(H,32,35). The molecule has 2 aromatic heterocycles. The molecule has 0 radical (unpaired) electrons. The van der Waals surface area contributed by atoms with Gasteiger partial charge in [0, 0.05) is 38.0 Å². The van der Waals surface area contributed by atoms with Crippen LogP contribution in [0.3, 0.4) is 0 Å². The summed E-state index contributed by atoms with van der Waals surface area (Å²) in [4.78, 5) is 28.4. The fourth-order valence-electron chi connectivity index (χ4n) is 4.77. The van der Waals surface area contributed by atoms with E-state index in [4.69, 9.17) is 16.3 Å². The number of halogens is 6. The van der Waals surface area contributed by atoms with Crippen molar-refractivity contribution in [3.63, 3.8) is 0 Å². The van der Waals surface area contributed by atoms with E-state index in [9.17, 15) is 31.5 Å². The quantitative estimate of drug-likeness (QED) is 0.322. The maximum absolute atomic E-state index is 13.8. The molecule has 4 rings (SSSR count). The molecule has 1 saturated carbocycles. The van der Waals surface area contributed by atoms with Gasteiger partial charge in [0.1, 0.15) is 10.8 Å². The van der Waals surface area contributed by atoms with Gasteiger partial charge in [0.05, 0.1) is 5.69 Å². The van der Waals surface area contributed by atoms with E-state index < -0.39 is 29.6 Å². The van der Waals surface area contributed by atoms with Crippen LogP contribution in [0.5, 0.6) is 0 Å². The highest BCUT2D eigenvalue weighted by Gasteiger charge is 2.40. The minimum Gasteiger partial charge on any atom is -0.381 e. The summed E-state index contributed by atoms with van der Waals surface area (Å²) in [7, 11) is 0. The van der Waals surface area contributed by atoms with Crippen molar-refractivity contribution in [2.75, 3.05) is 13.2 Å². The van der Waals surface area contributed by atoms with E-state index in [1.54, 1.807) is 0 Å². The van der Waals surface area contributed by atoms with Gasteiger partial charge in [-0.05, 0) is 56.1 Å². The van der Waals surface area contributed by atoms with E-state index in [1.165, 1.54) is 6.07 Å². The number of fused-ring (bicyclic) bond motifs is 1. The fourth-order valence-corrected chi connectivity index (χ4v) is 5.07. The average molecular weight is 537 g/mol. The first-order valence-electron chi connectivity index (χ1n) is 11.8. The Morgan fingerprint density at radius 2 is 1.75 bits per heavy atom. The molecule has 2 fully saturated rings. The number of imidazole rings is 1. The molecule has 1 aliphatic heterocycles. The van der Waals surface area contributed by atoms with Gasteiger partial charge in [-0.2, -0.15) is 13.2 Å². The van der Waals surface area contributed by atoms with E-state index in [0.29, 0.717) is 13.2 Å². The Labute approximate surface area is 208 Å². The number of carbonyl (C=O) groups is 2. The number of carbonyl (C=O) groups excluding carboxylic acids is 2. The second-order valence-electron chi connectivity index (χ2n) is 9.43. The first-order chi connectivity index (χ1) is 16.9. The molecule has 36 heavy (non-hydrogen) atoms. The van der Waals surface area contributed by atoms with Crippen LogP contribution in [0.4, 0.5) is 22.0 Å². The number of hydrazine groups is 1. The van der Waals surface area contributed by atoms with Gasteiger partial charge in [-0.15, -0.1) is 0 Å². The zero-order valence-electron chi connectivity index (χ0n) is 19.3. The monoisotopic (exact) mass is 536 g/mol. The van der Waals surface area contributed by atoms with E-state index in [0.717, 1.165) is 23.3 Å². The van der Waals surface area contributed by atoms with Gasteiger partial charge in [0.15, 0.2) is 5.69 Å². The maximum Gasteiger partial charge on any atom is 0.435 e. The summed E-state index contributed by atoms with van der Waals surface area (Å²) >= 11 is 6.29. The van der Waals surface area contributed by atoms with Gasteiger partial charge < -0.3 is 4.74 Å². The number of rotatable bonds is 5. The molecule has 0 unspecified atom stereocenters. The lowest BCUT2D eigenvalue weighted by Crippen LogP contribution is -2.42. The van der Waals surface area contributed by atoms with Crippen LogP contribution in [-0.4, -0.2) is 40.3 Å². The number of hydrogen-bond acceptors (Lipinski definition) is 4. The minimum atomic E-state index is -4.80. The molecule has 0 aromatic carbocycles. The number of pyridine rings is 1. The van der Waals surface area contributed by atoms with Crippen LogP contribution in [0, 0.1) is 11.8 Å². The lowest BCUT2D eigenvalue weighted by atomic mass is 9.83. The number of hydrogen-bond donors (Lipinski definition) is 2. The highest BCUT2D eigenvalue weighted by atomic mass is 35.5. The molecule has 0 atom stereocenters. The zero-order chi connectivity index (χ0) is 26.1. The van der Waals surface area contributed by atoms with E-state index in [2.05, 4.69) is 15.8 Å². The van der Waals surface area contributed by atoms with Gasteiger partial charge in [-0.25, -0.2) is 13.8 Å². The van der Waals surface area contributed by atoms with Gasteiger partial charge in [0.25, 0.3) is 5.91 Å². The predicted molar refractivity (Wildman–Crippen MR) is 120 cm³/mol. The topological polar surface area (TPSA) is 84.7 Å². The smallest absolute Gasteiger partial charge is 0.381 e. The number of ether oxygens (including phenoxy) is 1. The van der Waals surface area contributed by atoms with Crippen molar-refractivity contribution >= 4 is 29.1 Å². The summed E-state index contributed by atoms with van der Waals surface area (Å²) in [6, 6.07) is 2.31. The number of alkyl halides is 5. The Morgan fingerprint density at radius 1 is 1.08 bits per heavy atom. The number of amides is 2. The summed E-state index contributed by atoms with van der Waals surface area (Å²) in [5, 5.41) is -0.190. The predicted octanol–water partition coefficient (Wildman–Crippen LogP) is 4.95. The molecule has 2 N–H and O–H groups in total. The highest BCUT2D eigenvalue weighted by Crippen LogP contribution is 2.40. The lowest BCUT2D eigenvalue weighted by molar-refractivity contribution is -0.141. The molecule has 2 amide bonds. The van der Waals surface area contributed by atoms with E-state index >= 15 is 0 Å². The normalized spacial score (nSPS) is 19.4. The van der Waals surface area contributed by atoms with Crippen LogP contribution in [0.2, 0.25) is 5.15 Å². The molecular weight excluding hydrogens is 511 g/mol. The lowest BCUT2D eigenvalue weighted by Gasteiger charge is -2.28. The average Bonchev–Trinajstić information content (AvgIpc) is 3.19. The van der Waals surface area contributed by atoms with Gasteiger partial charge in [-0.3, -0.25) is 24.8 Å². The summed E-state index contributed by atoms with van der Waals surface area (Å²) in [5.74, 6) is -4.21. The minimum absolute atomic E-state index is 0.0865. The molecular formula is C23H26ClF5N4O3. The third-order valence-corrected chi connectivity index (χ3v) is 7.03. The van der Waals surface area contributed by atoms with Crippen molar-refractivity contribution < 1.29 is 36.3 Å². The fraction of sp³-hybridized carbons (Fsp3) is 0.609. The van der Waals surface area contributed by atoms with Crippen LogP contribution in [0.15, 0.2) is 12.1 Å². The highest BCUT2D eigenvalue weighted by molar-refractivity contribution is 6.30. The molecule has 0 spiro atoms. The second-order valence-corrected chi connectivity index (χ2v) is 9.82. The van der Waals surface area contributed by atoms with Gasteiger partial charge in [-0.1, -0.05) is 11.6 Å². The Hall–Kier alpha value is -2.47. The molecule has 1 aliphatic carbocycles. The van der Waals surface area contributed by atoms with Gasteiger partial charge in [0.2, 0.25) is 11.8 Å². The summed E-state index contributed by atoms with van der Waals surface area (Å²) in [5.41, 5.74) is 2.86. The molecule has 198 valence electrons. The van der Waals surface area contributed by atoms with Crippen molar-refractivity contribution in [2.45, 2.75) is 63.5 Å². The summed E-state index contributed by atoms with van der Waals surface area (Å²) in [6.07, 6.45) is -3.84. The first kappa shape index (κ1) is 26.6. The van der Waals surface area contributed by atoms with Crippen molar-refractivity contribution in [3.8, 4) is 0 Å².